The number of rotatable bonds is 8. The molecule has 0 bridgehead atoms. The molecule has 1 rings (SSSR count). The van der Waals surface area contributed by atoms with Crippen molar-refractivity contribution in [1.29, 1.82) is 0 Å². The number of unbranched alkanes of at least 4 members (excludes halogenated alkanes) is 1. The Morgan fingerprint density at radius 2 is 1.95 bits per heavy atom. The molecule has 0 fully saturated rings. The number of hydrogen-bond acceptors (Lipinski definition) is 1. The van der Waals surface area contributed by atoms with Gasteiger partial charge in [0.05, 0.1) is 0 Å². The first-order valence-electron chi connectivity index (χ1n) is 7.68. The standard InChI is InChI=1S/C18H27NO/c1-4-6-7-16(5-2)14-19-18(20)13-12-17-10-8-15(3)9-11-17/h8-13,16H,4-7,14H2,1-3H3,(H,19,20). The van der Waals surface area contributed by atoms with Crippen molar-refractivity contribution in [3.8, 4) is 0 Å². The molecule has 20 heavy (non-hydrogen) atoms. The van der Waals surface area contributed by atoms with Gasteiger partial charge in [-0.15, -0.1) is 0 Å². The van der Waals surface area contributed by atoms with Crippen LogP contribution in [0.3, 0.4) is 0 Å². The molecule has 0 radical (unpaired) electrons. The lowest BCUT2D eigenvalue weighted by molar-refractivity contribution is -0.116. The van der Waals surface area contributed by atoms with Crippen molar-refractivity contribution in [2.75, 3.05) is 6.54 Å². The molecule has 0 aliphatic heterocycles. The summed E-state index contributed by atoms with van der Waals surface area (Å²) in [6.45, 7) is 7.24. The smallest absolute Gasteiger partial charge is 0.244 e. The van der Waals surface area contributed by atoms with Crippen LogP contribution in [0.1, 0.15) is 50.7 Å². The Labute approximate surface area is 123 Å². The summed E-state index contributed by atoms with van der Waals surface area (Å²) in [4.78, 5) is 11.8. The average Bonchev–Trinajstić information content (AvgIpc) is 2.47. The highest BCUT2D eigenvalue weighted by Crippen LogP contribution is 2.11. The molecule has 0 heterocycles. The van der Waals surface area contributed by atoms with E-state index in [-0.39, 0.29) is 5.91 Å². The molecule has 0 saturated heterocycles. The summed E-state index contributed by atoms with van der Waals surface area (Å²) in [6.07, 6.45) is 8.28. The summed E-state index contributed by atoms with van der Waals surface area (Å²) in [5.74, 6) is 0.604. The van der Waals surface area contributed by atoms with Gasteiger partial charge in [-0.25, -0.2) is 0 Å². The van der Waals surface area contributed by atoms with E-state index in [9.17, 15) is 4.79 Å². The Hall–Kier alpha value is -1.57. The summed E-state index contributed by atoms with van der Waals surface area (Å²) < 4.78 is 0. The molecular weight excluding hydrogens is 246 g/mol. The van der Waals surface area contributed by atoms with Crippen molar-refractivity contribution in [3.63, 3.8) is 0 Å². The minimum Gasteiger partial charge on any atom is -0.352 e. The molecule has 1 amide bonds. The second kappa shape index (κ2) is 9.35. The van der Waals surface area contributed by atoms with Crippen LogP contribution in [0.4, 0.5) is 0 Å². The minimum absolute atomic E-state index is 0.000485. The van der Waals surface area contributed by atoms with Crippen molar-refractivity contribution in [2.24, 2.45) is 5.92 Å². The van der Waals surface area contributed by atoms with E-state index >= 15 is 0 Å². The fraction of sp³-hybridized carbons (Fsp3) is 0.500. The van der Waals surface area contributed by atoms with E-state index in [4.69, 9.17) is 0 Å². The first-order valence-corrected chi connectivity index (χ1v) is 7.68. The van der Waals surface area contributed by atoms with Gasteiger partial charge < -0.3 is 5.32 Å². The molecule has 0 saturated carbocycles. The molecule has 1 atom stereocenters. The summed E-state index contributed by atoms with van der Waals surface area (Å²) >= 11 is 0. The van der Waals surface area contributed by atoms with Crippen LogP contribution >= 0.6 is 0 Å². The quantitative estimate of drug-likeness (QED) is 0.701. The van der Waals surface area contributed by atoms with E-state index in [1.165, 1.54) is 24.8 Å². The number of nitrogens with one attached hydrogen (secondary N) is 1. The zero-order chi connectivity index (χ0) is 14.8. The van der Waals surface area contributed by atoms with Gasteiger partial charge in [-0.3, -0.25) is 4.79 Å². The van der Waals surface area contributed by atoms with Crippen LogP contribution in [0.2, 0.25) is 0 Å². The minimum atomic E-state index is 0.000485. The molecule has 110 valence electrons. The van der Waals surface area contributed by atoms with Crippen LogP contribution in [0.25, 0.3) is 6.08 Å². The van der Waals surface area contributed by atoms with E-state index in [1.807, 2.05) is 18.2 Å². The largest absolute Gasteiger partial charge is 0.352 e. The van der Waals surface area contributed by atoms with Crippen molar-refractivity contribution in [3.05, 3.63) is 41.5 Å². The number of benzene rings is 1. The van der Waals surface area contributed by atoms with Crippen LogP contribution < -0.4 is 5.32 Å². The molecular formula is C18H27NO. The van der Waals surface area contributed by atoms with Gasteiger partial charge in [0, 0.05) is 12.6 Å². The first-order chi connectivity index (χ1) is 9.65. The van der Waals surface area contributed by atoms with Crippen LogP contribution in [-0.4, -0.2) is 12.5 Å². The number of amides is 1. The normalized spacial score (nSPS) is 12.6. The Bertz CT molecular complexity index is 420. The predicted octanol–water partition coefficient (Wildman–Crippen LogP) is 4.34. The first kappa shape index (κ1) is 16.5. The summed E-state index contributed by atoms with van der Waals surface area (Å²) in [7, 11) is 0. The topological polar surface area (TPSA) is 29.1 Å². The van der Waals surface area contributed by atoms with Crippen molar-refractivity contribution < 1.29 is 4.79 Å². The van der Waals surface area contributed by atoms with Gasteiger partial charge in [0.2, 0.25) is 5.91 Å². The highest BCUT2D eigenvalue weighted by Gasteiger charge is 2.06. The Balaban J connectivity index is 2.37. The Morgan fingerprint density at radius 1 is 1.25 bits per heavy atom. The number of carbonyl (C=O) groups is 1. The van der Waals surface area contributed by atoms with Gasteiger partial charge in [0.15, 0.2) is 0 Å². The van der Waals surface area contributed by atoms with Crippen molar-refractivity contribution >= 4 is 12.0 Å². The van der Waals surface area contributed by atoms with Crippen LogP contribution in [0, 0.1) is 12.8 Å². The third-order valence-corrected chi connectivity index (χ3v) is 3.61. The van der Waals surface area contributed by atoms with Crippen molar-refractivity contribution in [1.82, 2.24) is 5.32 Å². The van der Waals surface area contributed by atoms with E-state index in [1.54, 1.807) is 6.08 Å². The number of hydrogen-bond donors (Lipinski definition) is 1. The highest BCUT2D eigenvalue weighted by atomic mass is 16.1. The fourth-order valence-electron chi connectivity index (χ4n) is 2.10. The maximum Gasteiger partial charge on any atom is 0.244 e. The van der Waals surface area contributed by atoms with Crippen LogP contribution in [0.5, 0.6) is 0 Å². The van der Waals surface area contributed by atoms with E-state index < -0.39 is 0 Å². The number of aryl methyl sites for hydroxylation is 1. The van der Waals surface area contributed by atoms with Gasteiger partial charge in [0.1, 0.15) is 0 Å². The van der Waals surface area contributed by atoms with Gasteiger partial charge in [0.25, 0.3) is 0 Å². The molecule has 1 aromatic rings. The lowest BCUT2D eigenvalue weighted by Gasteiger charge is -2.14. The van der Waals surface area contributed by atoms with Crippen LogP contribution in [-0.2, 0) is 4.79 Å². The third-order valence-electron chi connectivity index (χ3n) is 3.61. The molecule has 2 nitrogen and oxygen atoms in total. The fourth-order valence-corrected chi connectivity index (χ4v) is 2.10. The van der Waals surface area contributed by atoms with E-state index in [0.717, 1.165) is 18.5 Å². The second-order valence-corrected chi connectivity index (χ2v) is 5.41. The number of carbonyl (C=O) groups excluding carboxylic acids is 1. The van der Waals surface area contributed by atoms with Gasteiger partial charge >= 0.3 is 0 Å². The van der Waals surface area contributed by atoms with Gasteiger partial charge in [-0.1, -0.05) is 62.9 Å². The monoisotopic (exact) mass is 273 g/mol. The second-order valence-electron chi connectivity index (χ2n) is 5.41. The SMILES string of the molecule is CCCCC(CC)CNC(=O)C=Cc1ccc(C)cc1. The van der Waals surface area contributed by atoms with Crippen LogP contribution in [0.15, 0.2) is 30.3 Å². The summed E-state index contributed by atoms with van der Waals surface area (Å²) in [5, 5.41) is 3.00. The lowest BCUT2D eigenvalue weighted by atomic mass is 9.99. The zero-order valence-corrected chi connectivity index (χ0v) is 13.0. The molecule has 0 spiro atoms. The van der Waals surface area contributed by atoms with E-state index in [0.29, 0.717) is 5.92 Å². The molecule has 1 unspecified atom stereocenters. The van der Waals surface area contributed by atoms with E-state index in [2.05, 4.69) is 38.2 Å². The summed E-state index contributed by atoms with van der Waals surface area (Å²) in [5.41, 5.74) is 2.29. The highest BCUT2D eigenvalue weighted by molar-refractivity contribution is 5.91. The molecule has 0 aliphatic rings. The van der Waals surface area contributed by atoms with Gasteiger partial charge in [-0.05, 0) is 30.9 Å². The zero-order valence-electron chi connectivity index (χ0n) is 13.0. The molecule has 1 aromatic carbocycles. The predicted molar refractivity (Wildman–Crippen MR) is 86.5 cm³/mol. The van der Waals surface area contributed by atoms with Crippen molar-refractivity contribution in [2.45, 2.75) is 46.5 Å². The lowest BCUT2D eigenvalue weighted by Crippen LogP contribution is -2.27. The third kappa shape index (κ3) is 6.55. The Kier molecular flexibility index (Phi) is 7.71. The average molecular weight is 273 g/mol. The maximum absolute atomic E-state index is 11.8. The van der Waals surface area contributed by atoms with Gasteiger partial charge in [-0.2, -0.15) is 0 Å². The molecule has 0 aliphatic carbocycles. The Morgan fingerprint density at radius 3 is 2.55 bits per heavy atom. The summed E-state index contributed by atoms with van der Waals surface area (Å²) in [6, 6.07) is 8.15. The maximum atomic E-state index is 11.8. The molecule has 2 heteroatoms. The molecule has 0 aromatic heterocycles. The molecule has 1 N–H and O–H groups in total.